The molecule has 4 nitrogen and oxygen atoms in total. The molecule has 1 heterocycles. The number of nitrogens with one attached hydrogen (secondary N) is 2. The minimum atomic E-state index is 0.713. The van der Waals surface area contributed by atoms with Crippen molar-refractivity contribution in [2.75, 3.05) is 6.54 Å². The van der Waals surface area contributed by atoms with Gasteiger partial charge in [-0.15, -0.1) is 0 Å². The second-order valence-corrected chi connectivity index (χ2v) is 3.82. The Labute approximate surface area is 96.1 Å². The minimum Gasteiger partial charge on any atom is -0.363 e. The van der Waals surface area contributed by atoms with Crippen molar-refractivity contribution in [1.82, 2.24) is 20.4 Å². The topological polar surface area (TPSA) is 41.9 Å². The van der Waals surface area contributed by atoms with Gasteiger partial charge in [-0.2, -0.15) is 5.10 Å². The molecule has 1 rings (SSSR count). The van der Waals surface area contributed by atoms with E-state index in [-0.39, 0.29) is 0 Å². The molecule has 2 N–H and O–H groups in total. The van der Waals surface area contributed by atoms with Gasteiger partial charge < -0.3 is 10.6 Å². The molecular weight excluding hydrogens is 208 g/mol. The molecule has 0 radical (unpaired) electrons. The van der Waals surface area contributed by atoms with E-state index in [0.29, 0.717) is 11.7 Å². The van der Waals surface area contributed by atoms with Crippen LogP contribution >= 0.6 is 12.2 Å². The van der Waals surface area contributed by atoms with Gasteiger partial charge in [0.05, 0.1) is 12.2 Å². The Morgan fingerprint density at radius 2 is 2.33 bits per heavy atom. The molecule has 84 valence electrons. The molecule has 0 unspecified atom stereocenters. The predicted octanol–water partition coefficient (Wildman–Crippen LogP) is 1.18. The number of hydrogen-bond acceptors (Lipinski definition) is 2. The monoisotopic (exact) mass is 226 g/mol. The first-order valence-electron chi connectivity index (χ1n) is 5.22. The van der Waals surface area contributed by atoms with Crippen molar-refractivity contribution >= 4 is 17.3 Å². The van der Waals surface area contributed by atoms with Crippen LogP contribution in [0.4, 0.5) is 0 Å². The Hall–Kier alpha value is -1.10. The van der Waals surface area contributed by atoms with Crippen molar-refractivity contribution < 1.29 is 0 Å². The second kappa shape index (κ2) is 6.40. The van der Waals surface area contributed by atoms with Crippen LogP contribution in [0.3, 0.4) is 0 Å². The van der Waals surface area contributed by atoms with Gasteiger partial charge in [-0.1, -0.05) is 13.3 Å². The second-order valence-electron chi connectivity index (χ2n) is 3.41. The lowest BCUT2D eigenvalue weighted by Gasteiger charge is -2.09. The maximum Gasteiger partial charge on any atom is 0.166 e. The van der Waals surface area contributed by atoms with Gasteiger partial charge in [0, 0.05) is 19.8 Å². The summed E-state index contributed by atoms with van der Waals surface area (Å²) < 4.78 is 1.83. The average Bonchev–Trinajstić information content (AvgIpc) is 2.61. The summed E-state index contributed by atoms with van der Waals surface area (Å²) in [5.41, 5.74) is 1.12. The summed E-state index contributed by atoms with van der Waals surface area (Å²) in [5.74, 6) is 0. The first-order valence-corrected chi connectivity index (χ1v) is 5.63. The molecule has 0 aliphatic rings. The van der Waals surface area contributed by atoms with E-state index in [1.54, 1.807) is 6.20 Å². The zero-order valence-corrected chi connectivity index (χ0v) is 10.1. The number of rotatable bonds is 5. The van der Waals surface area contributed by atoms with Gasteiger partial charge in [-0.05, 0) is 24.7 Å². The molecule has 0 atom stereocenters. The number of thiocarbonyl (C=S) groups is 1. The number of unbranched alkanes of at least 4 members (excludes halogenated alkanes) is 1. The van der Waals surface area contributed by atoms with Crippen LogP contribution in [0, 0.1) is 0 Å². The Kier molecular flexibility index (Phi) is 5.10. The molecule has 0 fully saturated rings. The van der Waals surface area contributed by atoms with Gasteiger partial charge in [0.25, 0.3) is 0 Å². The van der Waals surface area contributed by atoms with Crippen LogP contribution < -0.4 is 10.6 Å². The highest BCUT2D eigenvalue weighted by Crippen LogP contribution is 1.94. The van der Waals surface area contributed by atoms with E-state index in [2.05, 4.69) is 22.7 Å². The quantitative estimate of drug-likeness (QED) is 0.584. The first-order chi connectivity index (χ1) is 7.24. The number of hydrogen-bond donors (Lipinski definition) is 2. The highest BCUT2D eigenvalue weighted by Gasteiger charge is 1.99. The van der Waals surface area contributed by atoms with E-state index >= 15 is 0 Å². The third-order valence-corrected chi connectivity index (χ3v) is 2.46. The largest absolute Gasteiger partial charge is 0.363 e. The third-order valence-electron chi connectivity index (χ3n) is 2.17. The first kappa shape index (κ1) is 12.0. The molecule has 0 spiro atoms. The summed E-state index contributed by atoms with van der Waals surface area (Å²) in [6.07, 6.45) is 4.11. The lowest BCUT2D eigenvalue weighted by molar-refractivity contribution is 0.683. The van der Waals surface area contributed by atoms with Gasteiger partial charge in [0.1, 0.15) is 0 Å². The molecule has 0 aliphatic heterocycles. The fraction of sp³-hybridized carbons (Fsp3) is 0.600. The molecule has 0 aliphatic carbocycles. The summed E-state index contributed by atoms with van der Waals surface area (Å²) in [5, 5.41) is 11.1. The summed E-state index contributed by atoms with van der Waals surface area (Å²) >= 11 is 5.13. The fourth-order valence-electron chi connectivity index (χ4n) is 1.19. The number of nitrogens with zero attached hydrogens (tertiary/aromatic N) is 2. The standard InChI is InChI=1S/C10H18N4S/c1-3-4-6-11-10(15)12-8-9-5-7-13-14(9)2/h5,7H,3-4,6,8H2,1-2H3,(H2,11,12,15). The molecular formula is C10H18N4S. The van der Waals surface area contributed by atoms with E-state index in [1.807, 2.05) is 17.8 Å². The van der Waals surface area contributed by atoms with Crippen molar-refractivity contribution in [3.05, 3.63) is 18.0 Å². The zero-order valence-electron chi connectivity index (χ0n) is 9.29. The molecule has 0 saturated heterocycles. The molecule has 1 aromatic rings. The Balaban J connectivity index is 2.20. The minimum absolute atomic E-state index is 0.713. The summed E-state index contributed by atoms with van der Waals surface area (Å²) in [6.45, 7) is 3.82. The van der Waals surface area contributed by atoms with Gasteiger partial charge >= 0.3 is 0 Å². The van der Waals surface area contributed by atoms with Crippen LogP contribution in [0.5, 0.6) is 0 Å². The van der Waals surface area contributed by atoms with Gasteiger partial charge in [0.15, 0.2) is 5.11 Å². The van der Waals surface area contributed by atoms with Crippen LogP contribution in [0.2, 0.25) is 0 Å². The van der Waals surface area contributed by atoms with Gasteiger partial charge in [-0.25, -0.2) is 0 Å². The maximum absolute atomic E-state index is 5.13. The summed E-state index contributed by atoms with van der Waals surface area (Å²) in [4.78, 5) is 0. The highest BCUT2D eigenvalue weighted by atomic mass is 32.1. The molecule has 0 amide bonds. The summed E-state index contributed by atoms with van der Waals surface area (Å²) in [7, 11) is 1.92. The average molecular weight is 226 g/mol. The van der Waals surface area contributed by atoms with Crippen molar-refractivity contribution in [2.45, 2.75) is 26.3 Å². The molecule has 0 saturated carbocycles. The number of aromatic nitrogens is 2. The fourth-order valence-corrected chi connectivity index (χ4v) is 1.36. The van der Waals surface area contributed by atoms with Crippen LogP contribution in [0.15, 0.2) is 12.3 Å². The van der Waals surface area contributed by atoms with Gasteiger partial charge in [-0.3, -0.25) is 4.68 Å². The van der Waals surface area contributed by atoms with E-state index in [1.165, 1.54) is 6.42 Å². The molecule has 5 heteroatoms. The van der Waals surface area contributed by atoms with Crippen molar-refractivity contribution in [3.8, 4) is 0 Å². The van der Waals surface area contributed by atoms with Crippen LogP contribution in [0.25, 0.3) is 0 Å². The van der Waals surface area contributed by atoms with E-state index in [9.17, 15) is 0 Å². The molecule has 15 heavy (non-hydrogen) atoms. The van der Waals surface area contributed by atoms with Crippen molar-refractivity contribution in [3.63, 3.8) is 0 Å². The normalized spacial score (nSPS) is 10.0. The van der Waals surface area contributed by atoms with Crippen molar-refractivity contribution in [1.29, 1.82) is 0 Å². The predicted molar refractivity (Wildman–Crippen MR) is 65.6 cm³/mol. The van der Waals surface area contributed by atoms with E-state index in [0.717, 1.165) is 18.7 Å². The molecule has 1 aromatic heterocycles. The van der Waals surface area contributed by atoms with Gasteiger partial charge in [0.2, 0.25) is 0 Å². The highest BCUT2D eigenvalue weighted by molar-refractivity contribution is 7.80. The zero-order chi connectivity index (χ0) is 11.1. The lowest BCUT2D eigenvalue weighted by atomic mass is 10.3. The number of aryl methyl sites for hydroxylation is 1. The van der Waals surface area contributed by atoms with Crippen LogP contribution in [-0.4, -0.2) is 21.4 Å². The van der Waals surface area contributed by atoms with E-state index in [4.69, 9.17) is 12.2 Å². The Morgan fingerprint density at radius 1 is 1.53 bits per heavy atom. The Morgan fingerprint density at radius 3 is 2.93 bits per heavy atom. The lowest BCUT2D eigenvalue weighted by Crippen LogP contribution is -2.35. The maximum atomic E-state index is 5.13. The smallest absolute Gasteiger partial charge is 0.166 e. The summed E-state index contributed by atoms with van der Waals surface area (Å²) in [6, 6.07) is 1.97. The van der Waals surface area contributed by atoms with Crippen LogP contribution in [0.1, 0.15) is 25.5 Å². The molecule has 0 bridgehead atoms. The SMILES string of the molecule is CCCCNC(=S)NCc1ccnn1C. The van der Waals surface area contributed by atoms with Crippen LogP contribution in [-0.2, 0) is 13.6 Å². The molecule has 0 aromatic carbocycles. The van der Waals surface area contributed by atoms with Crippen molar-refractivity contribution in [2.24, 2.45) is 7.05 Å². The van der Waals surface area contributed by atoms with E-state index < -0.39 is 0 Å². The Bertz CT molecular complexity index is 308. The third kappa shape index (κ3) is 4.29.